The van der Waals surface area contributed by atoms with E-state index in [0.29, 0.717) is 13.0 Å². The first-order valence-electron chi connectivity index (χ1n) is 9.79. The Hall–Kier alpha value is -2.13. The molecule has 2 aromatic rings. The van der Waals surface area contributed by atoms with E-state index >= 15 is 0 Å². The van der Waals surface area contributed by atoms with Crippen LogP contribution in [0.3, 0.4) is 0 Å². The zero-order chi connectivity index (χ0) is 21.6. The maximum atomic E-state index is 12.7. The number of rotatable bonds is 8. The number of alkyl halides is 3. The molecule has 0 saturated carbocycles. The smallest absolute Gasteiger partial charge is 0.433 e. The van der Waals surface area contributed by atoms with Gasteiger partial charge in [0.05, 0.1) is 4.47 Å². The zero-order valence-corrected chi connectivity index (χ0v) is 17.9. The van der Waals surface area contributed by atoms with Crippen LogP contribution in [0, 0.1) is 0 Å². The van der Waals surface area contributed by atoms with E-state index in [0.717, 1.165) is 41.5 Å². The molecular weight excluding hydrogens is 463 g/mol. The molecule has 0 unspecified atom stereocenters. The molecule has 2 heterocycles. The molecule has 1 aromatic heterocycles. The highest BCUT2D eigenvalue weighted by Crippen LogP contribution is 2.28. The molecule has 5 nitrogen and oxygen atoms in total. The van der Waals surface area contributed by atoms with Gasteiger partial charge in [0.15, 0.2) is 0 Å². The summed E-state index contributed by atoms with van der Waals surface area (Å²) in [5, 5.41) is 2.60. The van der Waals surface area contributed by atoms with Gasteiger partial charge in [-0.05, 0) is 78.1 Å². The van der Waals surface area contributed by atoms with E-state index in [2.05, 4.69) is 31.1 Å². The number of likely N-dealkylation sites (tertiary alicyclic amines) is 1. The van der Waals surface area contributed by atoms with Crippen LogP contribution in [0.5, 0.6) is 5.75 Å². The molecule has 0 spiro atoms. The number of halogens is 4. The summed E-state index contributed by atoms with van der Waals surface area (Å²) in [4.78, 5) is 17.9. The fraction of sp³-hybridized carbons (Fsp3) is 0.429. The van der Waals surface area contributed by atoms with Crippen LogP contribution in [0.1, 0.15) is 34.6 Å². The van der Waals surface area contributed by atoms with Crippen molar-refractivity contribution in [3.63, 3.8) is 0 Å². The van der Waals surface area contributed by atoms with Gasteiger partial charge in [-0.1, -0.05) is 12.1 Å². The SMILES string of the molecule is O=C(NCCc1ccc(OCCN2CCCC2)c(Br)c1)c1cccc(C(F)(F)F)n1. The van der Waals surface area contributed by atoms with Gasteiger partial charge in [-0.3, -0.25) is 9.69 Å². The fourth-order valence-corrected chi connectivity index (χ4v) is 3.78. The van der Waals surface area contributed by atoms with E-state index in [9.17, 15) is 18.0 Å². The number of carbonyl (C=O) groups is 1. The van der Waals surface area contributed by atoms with E-state index in [4.69, 9.17) is 4.74 Å². The summed E-state index contributed by atoms with van der Waals surface area (Å²) in [5.74, 6) is 0.122. The van der Waals surface area contributed by atoms with Crippen molar-refractivity contribution in [3.8, 4) is 5.75 Å². The van der Waals surface area contributed by atoms with Crippen LogP contribution in [0.15, 0.2) is 40.9 Å². The van der Waals surface area contributed by atoms with Crippen LogP contribution in [0.4, 0.5) is 13.2 Å². The number of ether oxygens (including phenoxy) is 1. The van der Waals surface area contributed by atoms with Crippen molar-refractivity contribution in [1.82, 2.24) is 15.2 Å². The average Bonchev–Trinajstić information content (AvgIpc) is 3.22. The van der Waals surface area contributed by atoms with Crippen molar-refractivity contribution in [3.05, 3.63) is 57.8 Å². The number of pyridine rings is 1. The summed E-state index contributed by atoms with van der Waals surface area (Å²) in [5.41, 5.74) is -0.377. The van der Waals surface area contributed by atoms with Crippen LogP contribution in [-0.2, 0) is 12.6 Å². The predicted octanol–water partition coefficient (Wildman–Crippen LogP) is 4.31. The Morgan fingerprint density at radius 2 is 1.97 bits per heavy atom. The predicted molar refractivity (Wildman–Crippen MR) is 111 cm³/mol. The highest BCUT2D eigenvalue weighted by Gasteiger charge is 2.32. The minimum absolute atomic E-state index is 0.257. The first-order valence-corrected chi connectivity index (χ1v) is 10.6. The first-order chi connectivity index (χ1) is 14.3. The number of nitrogens with one attached hydrogen (secondary N) is 1. The lowest BCUT2D eigenvalue weighted by atomic mass is 10.1. The van der Waals surface area contributed by atoms with Crippen LogP contribution < -0.4 is 10.1 Å². The Morgan fingerprint density at radius 1 is 1.20 bits per heavy atom. The molecule has 1 aliphatic heterocycles. The van der Waals surface area contributed by atoms with Crippen molar-refractivity contribution in [2.45, 2.75) is 25.4 Å². The van der Waals surface area contributed by atoms with E-state index in [1.54, 1.807) is 0 Å². The third-order valence-electron chi connectivity index (χ3n) is 4.83. The number of amides is 1. The van der Waals surface area contributed by atoms with E-state index in [1.165, 1.54) is 25.0 Å². The largest absolute Gasteiger partial charge is 0.491 e. The standard InChI is InChI=1S/C21H23BrF3N3O2/c22-16-14-15(6-7-18(16)30-13-12-28-10-1-2-11-28)8-9-26-20(29)17-4-3-5-19(27-17)21(23,24)25/h3-7,14H,1-2,8-13H2,(H,26,29). The molecule has 1 saturated heterocycles. The van der Waals surface area contributed by atoms with Crippen LogP contribution in [0.25, 0.3) is 0 Å². The minimum atomic E-state index is -4.58. The van der Waals surface area contributed by atoms with E-state index in [-0.39, 0.29) is 12.2 Å². The summed E-state index contributed by atoms with van der Waals surface area (Å²) in [7, 11) is 0. The summed E-state index contributed by atoms with van der Waals surface area (Å²) >= 11 is 3.50. The molecule has 3 rings (SSSR count). The molecule has 0 aliphatic carbocycles. The Balaban J connectivity index is 1.46. The van der Waals surface area contributed by atoms with Crippen LogP contribution >= 0.6 is 15.9 Å². The molecule has 1 N–H and O–H groups in total. The number of aromatic nitrogens is 1. The first kappa shape index (κ1) is 22.6. The molecule has 9 heteroatoms. The van der Waals surface area contributed by atoms with Gasteiger partial charge in [-0.15, -0.1) is 0 Å². The van der Waals surface area contributed by atoms with Crippen molar-refractivity contribution >= 4 is 21.8 Å². The summed E-state index contributed by atoms with van der Waals surface area (Å²) < 4.78 is 44.8. The fourth-order valence-electron chi connectivity index (χ4n) is 3.24. The molecule has 30 heavy (non-hydrogen) atoms. The van der Waals surface area contributed by atoms with Crippen molar-refractivity contribution in [2.75, 3.05) is 32.8 Å². The number of hydrogen-bond acceptors (Lipinski definition) is 4. The molecule has 1 aliphatic rings. The van der Waals surface area contributed by atoms with Crippen LogP contribution in [0.2, 0.25) is 0 Å². The number of carbonyl (C=O) groups excluding carboxylic acids is 1. The maximum absolute atomic E-state index is 12.7. The average molecular weight is 486 g/mol. The van der Waals surface area contributed by atoms with Crippen molar-refractivity contribution in [1.29, 1.82) is 0 Å². The molecule has 0 atom stereocenters. The van der Waals surface area contributed by atoms with Crippen LogP contribution in [-0.4, -0.2) is 48.6 Å². The van der Waals surface area contributed by atoms with Gasteiger partial charge in [0.25, 0.3) is 5.91 Å². The number of benzene rings is 1. The Kier molecular flexibility index (Phi) is 7.71. The minimum Gasteiger partial charge on any atom is -0.491 e. The molecule has 162 valence electrons. The van der Waals surface area contributed by atoms with Gasteiger partial charge >= 0.3 is 6.18 Å². The number of hydrogen-bond donors (Lipinski definition) is 1. The molecule has 0 bridgehead atoms. The van der Waals surface area contributed by atoms with Gasteiger partial charge in [0.2, 0.25) is 0 Å². The van der Waals surface area contributed by atoms with Gasteiger partial charge < -0.3 is 10.1 Å². The lowest BCUT2D eigenvalue weighted by molar-refractivity contribution is -0.141. The second kappa shape index (κ2) is 10.3. The third-order valence-corrected chi connectivity index (χ3v) is 5.45. The number of nitrogens with zero attached hydrogens (tertiary/aromatic N) is 2. The van der Waals surface area contributed by atoms with E-state index in [1.807, 2.05) is 18.2 Å². The second-order valence-electron chi connectivity index (χ2n) is 7.07. The molecule has 0 radical (unpaired) electrons. The molecular formula is C21H23BrF3N3O2. The summed E-state index contributed by atoms with van der Waals surface area (Å²) in [6.07, 6.45) is -1.56. The monoisotopic (exact) mass is 485 g/mol. The maximum Gasteiger partial charge on any atom is 0.433 e. The van der Waals surface area contributed by atoms with Gasteiger partial charge in [-0.2, -0.15) is 13.2 Å². The van der Waals surface area contributed by atoms with Crippen molar-refractivity contribution < 1.29 is 22.7 Å². The molecule has 1 aromatic carbocycles. The van der Waals surface area contributed by atoms with Gasteiger partial charge in [0.1, 0.15) is 23.7 Å². The summed E-state index contributed by atoms with van der Waals surface area (Å²) in [6.45, 7) is 4.07. The van der Waals surface area contributed by atoms with E-state index < -0.39 is 17.8 Å². The third kappa shape index (κ3) is 6.43. The second-order valence-corrected chi connectivity index (χ2v) is 7.93. The highest BCUT2D eigenvalue weighted by molar-refractivity contribution is 9.10. The quantitative estimate of drug-likeness (QED) is 0.605. The lowest BCUT2D eigenvalue weighted by Crippen LogP contribution is -2.27. The zero-order valence-electron chi connectivity index (χ0n) is 16.3. The highest BCUT2D eigenvalue weighted by atomic mass is 79.9. The van der Waals surface area contributed by atoms with Gasteiger partial charge in [0, 0.05) is 13.1 Å². The Labute approximate surface area is 181 Å². The lowest BCUT2D eigenvalue weighted by Gasteiger charge is -2.16. The summed E-state index contributed by atoms with van der Waals surface area (Å²) in [6, 6.07) is 8.97. The topological polar surface area (TPSA) is 54.5 Å². The van der Waals surface area contributed by atoms with Gasteiger partial charge in [-0.25, -0.2) is 4.98 Å². The Morgan fingerprint density at radius 3 is 2.67 bits per heavy atom. The normalized spacial score (nSPS) is 14.7. The Bertz CT molecular complexity index is 871. The van der Waals surface area contributed by atoms with Crippen molar-refractivity contribution in [2.24, 2.45) is 0 Å². The molecule has 1 fully saturated rings. The molecule has 1 amide bonds.